The minimum atomic E-state index is -0.338. The monoisotopic (exact) mass is 318 g/mol. The maximum atomic E-state index is 12.7. The topological polar surface area (TPSA) is 79.0 Å². The van der Waals surface area contributed by atoms with Gasteiger partial charge in [-0.05, 0) is 32.8 Å². The van der Waals surface area contributed by atoms with E-state index >= 15 is 0 Å². The predicted octanol–water partition coefficient (Wildman–Crippen LogP) is 1.86. The van der Waals surface area contributed by atoms with Crippen molar-refractivity contribution in [3.05, 3.63) is 44.0 Å². The Morgan fingerprint density at radius 3 is 2.95 bits per heavy atom. The van der Waals surface area contributed by atoms with Crippen molar-refractivity contribution < 1.29 is 4.79 Å². The fourth-order valence-corrected chi connectivity index (χ4v) is 3.80. The van der Waals surface area contributed by atoms with Crippen LogP contribution in [0.2, 0.25) is 0 Å². The Morgan fingerprint density at radius 2 is 2.27 bits per heavy atom. The fourth-order valence-electron chi connectivity index (χ4n) is 2.91. The molecule has 1 amide bonds. The maximum Gasteiger partial charge on any atom is 0.345 e. The van der Waals surface area contributed by atoms with Crippen LogP contribution < -0.4 is 5.69 Å². The third-order valence-corrected chi connectivity index (χ3v) is 5.00. The number of nitrogens with one attached hydrogen (secondary N) is 1. The second-order valence-corrected chi connectivity index (χ2v) is 6.77. The lowest BCUT2D eigenvalue weighted by Gasteiger charge is -2.32. The molecule has 116 valence electrons. The molecule has 1 aliphatic heterocycles. The Morgan fingerprint density at radius 1 is 1.45 bits per heavy atom. The van der Waals surface area contributed by atoms with Crippen LogP contribution in [0.4, 0.5) is 0 Å². The lowest BCUT2D eigenvalue weighted by Crippen LogP contribution is -2.39. The van der Waals surface area contributed by atoms with Crippen molar-refractivity contribution in [2.24, 2.45) is 0 Å². The number of piperidine rings is 1. The second-order valence-electron chi connectivity index (χ2n) is 5.57. The Labute approximate surface area is 132 Å². The van der Waals surface area contributed by atoms with Gasteiger partial charge in [-0.25, -0.2) is 14.8 Å². The molecule has 7 heteroatoms. The van der Waals surface area contributed by atoms with Gasteiger partial charge in [-0.3, -0.25) is 4.79 Å². The Hall–Kier alpha value is -2.02. The lowest BCUT2D eigenvalue weighted by molar-refractivity contribution is 0.0710. The van der Waals surface area contributed by atoms with E-state index in [1.165, 1.54) is 17.5 Å². The van der Waals surface area contributed by atoms with Crippen LogP contribution in [-0.2, 0) is 0 Å². The number of H-pyrrole nitrogens is 1. The van der Waals surface area contributed by atoms with E-state index in [1.807, 2.05) is 24.8 Å². The van der Waals surface area contributed by atoms with Gasteiger partial charge in [-0.1, -0.05) is 0 Å². The number of aromatic amines is 1. The number of aromatic nitrogens is 3. The van der Waals surface area contributed by atoms with E-state index in [-0.39, 0.29) is 17.5 Å². The molecule has 0 saturated carbocycles. The van der Waals surface area contributed by atoms with Gasteiger partial charge in [0.15, 0.2) is 0 Å². The molecule has 1 atom stereocenters. The molecule has 3 rings (SSSR count). The first-order valence-electron chi connectivity index (χ1n) is 7.33. The lowest BCUT2D eigenvalue weighted by atomic mass is 9.94. The molecule has 0 aromatic carbocycles. The number of nitrogens with zero attached hydrogens (tertiary/aromatic N) is 3. The first kappa shape index (κ1) is 14.9. The van der Waals surface area contributed by atoms with Gasteiger partial charge in [0.2, 0.25) is 0 Å². The van der Waals surface area contributed by atoms with Crippen molar-refractivity contribution in [3.63, 3.8) is 0 Å². The summed E-state index contributed by atoms with van der Waals surface area (Å²) >= 11 is 1.45. The zero-order valence-corrected chi connectivity index (χ0v) is 13.4. The van der Waals surface area contributed by atoms with E-state index in [4.69, 9.17) is 0 Å². The molecule has 3 heterocycles. The van der Waals surface area contributed by atoms with E-state index in [0.717, 1.165) is 40.7 Å². The summed E-state index contributed by atoms with van der Waals surface area (Å²) in [5.74, 6) is 0.201. The summed E-state index contributed by atoms with van der Waals surface area (Å²) < 4.78 is 0. The fraction of sp³-hybridized carbons (Fsp3) is 0.467. The van der Waals surface area contributed by atoms with E-state index in [2.05, 4.69) is 15.0 Å². The Bertz CT molecular complexity index is 752. The standard InChI is InChI=1S/C15H18N4O2S/c1-9-13(22-10(2)17-9)14(20)19-7-3-4-11(8-19)12-5-6-16-15(21)18-12/h5-6,11H,3-4,7-8H2,1-2H3,(H,16,18,21)/t11-/m0/s1. The van der Waals surface area contributed by atoms with Crippen LogP contribution in [0.3, 0.4) is 0 Å². The van der Waals surface area contributed by atoms with Crippen LogP contribution in [0.5, 0.6) is 0 Å². The van der Waals surface area contributed by atoms with Crippen LogP contribution in [0.25, 0.3) is 0 Å². The smallest absolute Gasteiger partial charge is 0.337 e. The van der Waals surface area contributed by atoms with E-state index in [0.29, 0.717) is 6.54 Å². The molecule has 1 aliphatic rings. The van der Waals surface area contributed by atoms with Gasteiger partial charge in [0.05, 0.1) is 10.7 Å². The summed E-state index contributed by atoms with van der Waals surface area (Å²) in [7, 11) is 0. The van der Waals surface area contributed by atoms with E-state index in [9.17, 15) is 9.59 Å². The second kappa shape index (κ2) is 6.00. The largest absolute Gasteiger partial charge is 0.345 e. The van der Waals surface area contributed by atoms with Gasteiger partial charge in [0, 0.05) is 30.9 Å². The minimum absolute atomic E-state index is 0.0456. The predicted molar refractivity (Wildman–Crippen MR) is 84.3 cm³/mol. The Balaban J connectivity index is 1.80. The number of carbonyl (C=O) groups is 1. The molecular formula is C15H18N4O2S. The highest BCUT2D eigenvalue weighted by Crippen LogP contribution is 2.27. The average Bonchev–Trinajstić information content (AvgIpc) is 2.85. The average molecular weight is 318 g/mol. The molecule has 1 N–H and O–H groups in total. The summed E-state index contributed by atoms with van der Waals surface area (Å²) in [6, 6.07) is 1.82. The molecular weight excluding hydrogens is 300 g/mol. The van der Waals surface area contributed by atoms with E-state index < -0.39 is 0 Å². The number of likely N-dealkylation sites (tertiary alicyclic amines) is 1. The highest BCUT2D eigenvalue weighted by atomic mass is 32.1. The maximum absolute atomic E-state index is 12.7. The normalized spacial score (nSPS) is 18.5. The molecule has 2 aromatic rings. The third kappa shape index (κ3) is 2.94. The molecule has 0 unspecified atom stereocenters. The Kier molecular flexibility index (Phi) is 4.06. The summed E-state index contributed by atoms with van der Waals surface area (Å²) in [4.78, 5) is 37.4. The SMILES string of the molecule is Cc1nc(C)c(C(=O)N2CCC[C@H](c3ccnc(=O)[nH]3)C2)s1. The van der Waals surface area contributed by atoms with E-state index in [1.54, 1.807) is 0 Å². The van der Waals surface area contributed by atoms with Crippen molar-refractivity contribution in [1.29, 1.82) is 0 Å². The number of aryl methyl sites for hydroxylation is 2. The summed E-state index contributed by atoms with van der Waals surface area (Å²) in [6.45, 7) is 5.16. The minimum Gasteiger partial charge on any atom is -0.337 e. The molecule has 0 aliphatic carbocycles. The van der Waals surface area contributed by atoms with Gasteiger partial charge >= 0.3 is 5.69 Å². The molecule has 22 heavy (non-hydrogen) atoms. The number of thiazole rings is 1. The number of hydrogen-bond acceptors (Lipinski definition) is 5. The van der Waals surface area contributed by atoms with Gasteiger partial charge in [-0.2, -0.15) is 0 Å². The van der Waals surface area contributed by atoms with Crippen molar-refractivity contribution in [2.45, 2.75) is 32.6 Å². The molecule has 2 aromatic heterocycles. The molecule has 0 radical (unpaired) electrons. The first-order valence-corrected chi connectivity index (χ1v) is 8.15. The van der Waals surface area contributed by atoms with Gasteiger partial charge < -0.3 is 9.88 Å². The summed E-state index contributed by atoms with van der Waals surface area (Å²) in [6.07, 6.45) is 3.41. The molecule has 6 nitrogen and oxygen atoms in total. The van der Waals surface area contributed by atoms with Gasteiger partial charge in [0.25, 0.3) is 5.91 Å². The molecule has 0 spiro atoms. The van der Waals surface area contributed by atoms with Crippen LogP contribution in [0.1, 0.15) is 44.8 Å². The van der Waals surface area contributed by atoms with Gasteiger partial charge in [0.1, 0.15) is 4.88 Å². The zero-order valence-electron chi connectivity index (χ0n) is 12.6. The summed E-state index contributed by atoms with van der Waals surface area (Å²) in [5, 5.41) is 0.910. The molecule has 1 saturated heterocycles. The summed E-state index contributed by atoms with van der Waals surface area (Å²) in [5.41, 5.74) is 1.32. The van der Waals surface area contributed by atoms with Crippen LogP contribution in [0.15, 0.2) is 17.1 Å². The molecule has 0 bridgehead atoms. The number of hydrogen-bond donors (Lipinski definition) is 1. The zero-order chi connectivity index (χ0) is 15.7. The van der Waals surface area contributed by atoms with Crippen LogP contribution in [-0.4, -0.2) is 38.8 Å². The van der Waals surface area contributed by atoms with Crippen molar-refractivity contribution in [2.75, 3.05) is 13.1 Å². The van der Waals surface area contributed by atoms with Crippen molar-refractivity contribution in [1.82, 2.24) is 19.9 Å². The highest BCUT2D eigenvalue weighted by Gasteiger charge is 2.28. The first-order chi connectivity index (χ1) is 10.5. The van der Waals surface area contributed by atoms with Crippen molar-refractivity contribution in [3.8, 4) is 0 Å². The van der Waals surface area contributed by atoms with Crippen molar-refractivity contribution >= 4 is 17.2 Å². The van der Waals surface area contributed by atoms with Gasteiger partial charge in [-0.15, -0.1) is 11.3 Å². The number of carbonyl (C=O) groups excluding carboxylic acids is 1. The van der Waals surface area contributed by atoms with Crippen LogP contribution >= 0.6 is 11.3 Å². The third-order valence-electron chi connectivity index (χ3n) is 3.94. The molecule has 1 fully saturated rings. The number of rotatable bonds is 2. The number of amides is 1. The van der Waals surface area contributed by atoms with Crippen LogP contribution in [0, 0.1) is 13.8 Å². The quantitative estimate of drug-likeness (QED) is 0.916. The highest BCUT2D eigenvalue weighted by molar-refractivity contribution is 7.13.